The second kappa shape index (κ2) is 7.44. The largest absolute Gasteiger partial charge is 0.368 e. The van der Waals surface area contributed by atoms with E-state index in [1.54, 1.807) is 35.8 Å². The zero-order valence-electron chi connectivity index (χ0n) is 18.9. The summed E-state index contributed by atoms with van der Waals surface area (Å²) in [6.45, 7) is 9.26. The molecule has 0 spiro atoms. The van der Waals surface area contributed by atoms with Crippen molar-refractivity contribution >= 4 is 34.1 Å². The molecule has 4 heterocycles. The number of hydrogen-bond donors (Lipinski definition) is 2. The van der Waals surface area contributed by atoms with Crippen LogP contribution in [0.3, 0.4) is 0 Å². The van der Waals surface area contributed by atoms with Crippen molar-refractivity contribution < 1.29 is 9.18 Å². The van der Waals surface area contributed by atoms with Gasteiger partial charge in [0.25, 0.3) is 0 Å². The van der Waals surface area contributed by atoms with Gasteiger partial charge in [-0.25, -0.2) is 14.2 Å². The number of carbonyl (C=O) groups excluding carboxylic acids is 1. The van der Waals surface area contributed by atoms with E-state index in [4.69, 9.17) is 0 Å². The lowest BCUT2D eigenvalue weighted by atomic mass is 10.0. The van der Waals surface area contributed by atoms with Gasteiger partial charge >= 0.3 is 6.03 Å². The van der Waals surface area contributed by atoms with E-state index in [0.717, 1.165) is 42.7 Å². The van der Waals surface area contributed by atoms with Crippen molar-refractivity contribution in [3.63, 3.8) is 0 Å². The Kier molecular flexibility index (Phi) is 4.81. The van der Waals surface area contributed by atoms with E-state index in [0.29, 0.717) is 23.4 Å². The number of urea groups is 1. The third-order valence-corrected chi connectivity index (χ3v) is 6.33. The van der Waals surface area contributed by atoms with Gasteiger partial charge in [0.15, 0.2) is 5.82 Å². The molecule has 0 aliphatic carbocycles. The summed E-state index contributed by atoms with van der Waals surface area (Å²) in [4.78, 5) is 21.6. The van der Waals surface area contributed by atoms with Gasteiger partial charge < -0.3 is 15.5 Å². The molecule has 9 heteroatoms. The summed E-state index contributed by atoms with van der Waals surface area (Å²) in [6.07, 6.45) is 4.28. The lowest BCUT2D eigenvalue weighted by Gasteiger charge is -2.41. The lowest BCUT2D eigenvalue weighted by Crippen LogP contribution is -2.57. The first-order valence-electron chi connectivity index (χ1n) is 10.9. The lowest BCUT2D eigenvalue weighted by molar-refractivity contribution is 0.257. The molecule has 1 aromatic carbocycles. The number of hydrogen-bond acceptors (Lipinski definition) is 5. The Morgan fingerprint density at radius 2 is 2.12 bits per heavy atom. The van der Waals surface area contributed by atoms with Crippen molar-refractivity contribution in [2.75, 3.05) is 41.3 Å². The van der Waals surface area contributed by atoms with Crippen molar-refractivity contribution in [1.82, 2.24) is 20.1 Å². The number of pyridine rings is 1. The summed E-state index contributed by atoms with van der Waals surface area (Å²) in [5.41, 5.74) is 3.38. The molecular weight excluding hydrogens is 409 g/mol. The Morgan fingerprint density at radius 1 is 1.31 bits per heavy atom. The summed E-state index contributed by atoms with van der Waals surface area (Å²) in [6, 6.07) is 3.28. The van der Waals surface area contributed by atoms with Gasteiger partial charge in [-0.3, -0.25) is 9.58 Å². The van der Waals surface area contributed by atoms with Crippen molar-refractivity contribution in [3.05, 3.63) is 41.5 Å². The first-order valence-corrected chi connectivity index (χ1v) is 10.9. The quantitative estimate of drug-likeness (QED) is 0.644. The number of aromatic nitrogens is 3. The summed E-state index contributed by atoms with van der Waals surface area (Å²) in [5.74, 6) is 0.185. The fourth-order valence-corrected chi connectivity index (χ4v) is 4.82. The summed E-state index contributed by atoms with van der Waals surface area (Å²) in [5, 5.41) is 11.4. The fraction of sp³-hybridized carbons (Fsp3) is 0.435. The maximum Gasteiger partial charge on any atom is 0.327 e. The number of piperazine rings is 1. The standard InChI is InChI=1S/C23H28FN7O/c1-14-19(24)17(11-15-12-29(4)28-20(14)15)27-22(32)31-9-6-16-18(5-7-25-21(16)31)30-10-8-26-23(2,3)13-30/h5,7,11-12,26H,6,8-10,13H2,1-4H3,(H,27,32). The molecular formula is C23H28FN7O. The molecule has 1 saturated heterocycles. The maximum absolute atomic E-state index is 15.0. The van der Waals surface area contributed by atoms with Gasteiger partial charge in [-0.1, -0.05) is 0 Å². The molecule has 1 fully saturated rings. The predicted octanol–water partition coefficient (Wildman–Crippen LogP) is 3.20. The van der Waals surface area contributed by atoms with E-state index in [2.05, 4.69) is 39.5 Å². The minimum absolute atomic E-state index is 0.0183. The second-order valence-electron chi connectivity index (χ2n) is 9.30. The number of fused-ring (bicyclic) bond motifs is 2. The van der Waals surface area contributed by atoms with Crippen molar-refractivity contribution in [1.29, 1.82) is 0 Å². The first kappa shape index (κ1) is 20.7. The number of halogens is 1. The van der Waals surface area contributed by atoms with Crippen LogP contribution in [-0.4, -0.2) is 52.5 Å². The third kappa shape index (κ3) is 3.46. The van der Waals surface area contributed by atoms with Crippen LogP contribution >= 0.6 is 0 Å². The molecule has 2 aromatic heterocycles. The van der Waals surface area contributed by atoms with Gasteiger partial charge in [-0.2, -0.15) is 5.10 Å². The zero-order valence-corrected chi connectivity index (χ0v) is 18.9. The first-order chi connectivity index (χ1) is 15.2. The molecule has 5 rings (SSSR count). The predicted molar refractivity (Wildman–Crippen MR) is 124 cm³/mol. The minimum atomic E-state index is -0.464. The fourth-order valence-electron chi connectivity index (χ4n) is 4.82. The number of carbonyl (C=O) groups is 1. The molecule has 2 aliphatic heterocycles. The molecule has 3 aromatic rings. The van der Waals surface area contributed by atoms with Gasteiger partial charge in [0.1, 0.15) is 5.82 Å². The molecule has 0 radical (unpaired) electrons. The van der Waals surface area contributed by atoms with Gasteiger partial charge in [0.2, 0.25) is 0 Å². The molecule has 0 atom stereocenters. The van der Waals surface area contributed by atoms with Crippen molar-refractivity contribution in [2.45, 2.75) is 32.7 Å². The monoisotopic (exact) mass is 437 g/mol. The Morgan fingerprint density at radius 3 is 2.91 bits per heavy atom. The van der Waals surface area contributed by atoms with Crippen LogP contribution in [0.1, 0.15) is 25.0 Å². The number of nitrogens with one attached hydrogen (secondary N) is 2. The molecule has 168 valence electrons. The minimum Gasteiger partial charge on any atom is -0.368 e. The van der Waals surface area contributed by atoms with Gasteiger partial charge in [-0.15, -0.1) is 0 Å². The number of aryl methyl sites for hydroxylation is 2. The Bertz CT molecular complexity index is 1220. The van der Waals surface area contributed by atoms with Crippen LogP contribution in [0.25, 0.3) is 10.9 Å². The second-order valence-corrected chi connectivity index (χ2v) is 9.30. The number of anilines is 3. The third-order valence-electron chi connectivity index (χ3n) is 6.33. The van der Waals surface area contributed by atoms with E-state index in [1.807, 2.05) is 12.3 Å². The maximum atomic E-state index is 15.0. The summed E-state index contributed by atoms with van der Waals surface area (Å²) in [7, 11) is 1.79. The zero-order chi connectivity index (χ0) is 22.6. The highest BCUT2D eigenvalue weighted by molar-refractivity contribution is 6.04. The average Bonchev–Trinajstić information content (AvgIpc) is 3.34. The van der Waals surface area contributed by atoms with Crippen LogP contribution in [0.4, 0.5) is 26.4 Å². The number of rotatable bonds is 2. The molecule has 0 unspecified atom stereocenters. The summed E-state index contributed by atoms with van der Waals surface area (Å²) < 4.78 is 16.6. The van der Waals surface area contributed by atoms with Crippen molar-refractivity contribution in [2.24, 2.45) is 7.05 Å². The highest BCUT2D eigenvalue weighted by Gasteiger charge is 2.33. The molecule has 0 bridgehead atoms. The van der Waals surface area contributed by atoms with Crippen molar-refractivity contribution in [3.8, 4) is 0 Å². The van der Waals surface area contributed by atoms with Crippen LogP contribution < -0.4 is 20.4 Å². The SMILES string of the molecule is Cc1c(F)c(NC(=O)N2CCc3c(N4CCNC(C)(C)C4)ccnc32)cc2cn(C)nc12. The van der Waals surface area contributed by atoms with Crippen LogP contribution in [0.15, 0.2) is 24.5 Å². The molecule has 0 saturated carbocycles. The Balaban J connectivity index is 1.42. The molecule has 8 nitrogen and oxygen atoms in total. The highest BCUT2D eigenvalue weighted by atomic mass is 19.1. The smallest absolute Gasteiger partial charge is 0.327 e. The van der Waals surface area contributed by atoms with Crippen LogP contribution in [0.2, 0.25) is 0 Å². The Hall–Kier alpha value is -3.20. The van der Waals surface area contributed by atoms with E-state index in [-0.39, 0.29) is 17.3 Å². The normalized spacial score (nSPS) is 17.7. The molecule has 2 N–H and O–H groups in total. The highest BCUT2D eigenvalue weighted by Crippen LogP contribution is 2.35. The van der Waals surface area contributed by atoms with Crippen LogP contribution in [-0.2, 0) is 13.5 Å². The van der Waals surface area contributed by atoms with Crippen LogP contribution in [0.5, 0.6) is 0 Å². The van der Waals surface area contributed by atoms with Gasteiger partial charge in [0.05, 0.1) is 11.2 Å². The van der Waals surface area contributed by atoms with E-state index in [1.165, 1.54) is 0 Å². The topological polar surface area (TPSA) is 78.3 Å². The molecule has 32 heavy (non-hydrogen) atoms. The number of nitrogens with zero attached hydrogens (tertiary/aromatic N) is 5. The molecule has 2 amide bonds. The molecule has 2 aliphatic rings. The summed E-state index contributed by atoms with van der Waals surface area (Å²) >= 11 is 0. The Labute approximate surface area is 186 Å². The van der Waals surface area contributed by atoms with E-state index < -0.39 is 5.82 Å². The van der Waals surface area contributed by atoms with E-state index in [9.17, 15) is 9.18 Å². The average molecular weight is 438 g/mol. The van der Waals surface area contributed by atoms with Gasteiger partial charge in [-0.05, 0) is 39.3 Å². The van der Waals surface area contributed by atoms with Crippen LogP contribution in [0, 0.1) is 12.7 Å². The number of amides is 2. The number of benzene rings is 1. The van der Waals surface area contributed by atoms with Gasteiger partial charge in [0, 0.05) is 73.4 Å². The van der Waals surface area contributed by atoms with E-state index >= 15 is 0 Å².